The third-order valence-corrected chi connectivity index (χ3v) is 10.8. The zero-order valence-electron chi connectivity index (χ0n) is 31.8. The number of aryl methyl sites for hydroxylation is 1. The normalized spacial score (nSPS) is 17.2. The lowest BCUT2D eigenvalue weighted by molar-refractivity contribution is 0.0152. The standard InChI is InChI=1S/C36H58N4O8SSi/c1-26-15-16-29(23-37-33(41)47-35(2,3)4)38-32(26)46-24-28-14-12-13-27(21-28)22-31-30(17-18-39(31)34(42)48-36(5,6)7)40(49(8,43)44)25-45-19-20-50(9,10)11/h12-16,21,30-31H,17-20,22-25H2,1-11H3,(H,37,41)/t30-,31-/m0/s1. The molecule has 0 bridgehead atoms. The Labute approximate surface area is 300 Å². The van der Waals surface area contributed by atoms with E-state index in [9.17, 15) is 18.0 Å². The summed E-state index contributed by atoms with van der Waals surface area (Å²) < 4.78 is 50.8. The van der Waals surface area contributed by atoms with Crippen molar-refractivity contribution in [2.45, 2.75) is 123 Å². The molecule has 1 aromatic heterocycles. The highest BCUT2D eigenvalue weighted by Crippen LogP contribution is 2.30. The first-order chi connectivity index (χ1) is 23.0. The first-order valence-corrected chi connectivity index (χ1v) is 22.7. The summed E-state index contributed by atoms with van der Waals surface area (Å²) in [5.74, 6) is 0.448. The topological polar surface area (TPSA) is 137 Å². The fourth-order valence-electron chi connectivity index (χ4n) is 5.45. The number of carbonyl (C=O) groups is 2. The molecule has 0 saturated carbocycles. The van der Waals surface area contributed by atoms with Crippen molar-refractivity contribution in [2.75, 3.05) is 26.1 Å². The molecule has 12 nitrogen and oxygen atoms in total. The quantitative estimate of drug-likeness (QED) is 0.131. The molecule has 0 aliphatic carbocycles. The third kappa shape index (κ3) is 13.8. The first kappa shape index (κ1) is 41.2. The van der Waals surface area contributed by atoms with Crippen LogP contribution in [-0.4, -0.2) is 92.3 Å². The summed E-state index contributed by atoms with van der Waals surface area (Å²) in [5.41, 5.74) is 1.97. The Morgan fingerprint density at radius 3 is 2.30 bits per heavy atom. The zero-order valence-corrected chi connectivity index (χ0v) is 33.6. The second-order valence-electron chi connectivity index (χ2n) is 16.2. The molecule has 2 heterocycles. The van der Waals surface area contributed by atoms with Crippen LogP contribution in [-0.2, 0) is 43.8 Å². The van der Waals surface area contributed by atoms with Crippen LogP contribution < -0.4 is 10.1 Å². The number of ether oxygens (including phenoxy) is 4. The van der Waals surface area contributed by atoms with Crippen molar-refractivity contribution in [3.8, 4) is 5.88 Å². The van der Waals surface area contributed by atoms with Crippen LogP contribution >= 0.6 is 0 Å². The van der Waals surface area contributed by atoms with Gasteiger partial charge < -0.3 is 29.2 Å². The van der Waals surface area contributed by atoms with E-state index in [1.807, 2.05) is 64.1 Å². The van der Waals surface area contributed by atoms with Gasteiger partial charge in [0.1, 0.15) is 24.5 Å². The van der Waals surface area contributed by atoms with Gasteiger partial charge in [-0.3, -0.25) is 0 Å². The predicted molar refractivity (Wildman–Crippen MR) is 197 cm³/mol. The number of hydrogen-bond donors (Lipinski definition) is 1. The number of rotatable bonds is 14. The Kier molecular flexibility index (Phi) is 13.9. The summed E-state index contributed by atoms with van der Waals surface area (Å²) in [7, 11) is -5.03. The van der Waals surface area contributed by atoms with Crippen LogP contribution in [0.15, 0.2) is 36.4 Å². The SMILES string of the molecule is Cc1ccc(CNC(=O)OC(C)(C)C)nc1OCc1cccc(C[C@H]2[C@@H](N(COCC[Si](C)(C)C)S(C)(=O)=O)CCN2C(=O)OC(C)(C)C)c1. The van der Waals surface area contributed by atoms with E-state index in [4.69, 9.17) is 18.9 Å². The molecular formula is C36H58N4O8SSi. The summed E-state index contributed by atoms with van der Waals surface area (Å²) in [4.78, 5) is 31.8. The zero-order chi connectivity index (χ0) is 37.5. The van der Waals surface area contributed by atoms with Crippen molar-refractivity contribution in [3.63, 3.8) is 0 Å². The number of carbonyl (C=O) groups excluding carboxylic acids is 2. The summed E-state index contributed by atoms with van der Waals surface area (Å²) >= 11 is 0. The molecule has 2 atom stereocenters. The van der Waals surface area contributed by atoms with Crippen molar-refractivity contribution in [1.82, 2.24) is 19.5 Å². The van der Waals surface area contributed by atoms with Gasteiger partial charge in [-0.1, -0.05) is 50.0 Å². The molecule has 1 aromatic carbocycles. The van der Waals surface area contributed by atoms with Gasteiger partial charge in [0.2, 0.25) is 15.9 Å². The lowest BCUT2D eigenvalue weighted by Crippen LogP contribution is -2.51. The molecule has 1 fully saturated rings. The van der Waals surface area contributed by atoms with E-state index in [1.165, 1.54) is 10.6 Å². The second-order valence-corrected chi connectivity index (χ2v) is 23.7. The number of amides is 2. The molecule has 0 spiro atoms. The monoisotopic (exact) mass is 734 g/mol. The molecule has 2 aromatic rings. The van der Waals surface area contributed by atoms with Crippen LogP contribution in [0, 0.1) is 6.92 Å². The second kappa shape index (κ2) is 16.9. The number of sulfonamides is 1. The van der Waals surface area contributed by atoms with Crippen LogP contribution in [0.1, 0.15) is 70.3 Å². The molecule has 2 amide bonds. The van der Waals surface area contributed by atoms with Crippen LogP contribution in [0.4, 0.5) is 9.59 Å². The van der Waals surface area contributed by atoms with Gasteiger partial charge in [-0.25, -0.2) is 23.0 Å². The smallest absolute Gasteiger partial charge is 0.410 e. The number of pyridine rings is 1. The number of nitrogens with zero attached hydrogens (tertiary/aromatic N) is 3. The molecule has 14 heteroatoms. The molecule has 50 heavy (non-hydrogen) atoms. The van der Waals surface area contributed by atoms with E-state index in [0.717, 1.165) is 22.7 Å². The van der Waals surface area contributed by atoms with Crippen molar-refractivity contribution in [2.24, 2.45) is 0 Å². The summed E-state index contributed by atoms with van der Waals surface area (Å²) in [6, 6.07) is 11.5. The predicted octanol–water partition coefficient (Wildman–Crippen LogP) is 6.49. The van der Waals surface area contributed by atoms with E-state index in [-0.39, 0.29) is 19.9 Å². The minimum atomic E-state index is -3.66. The van der Waals surface area contributed by atoms with Gasteiger partial charge in [0, 0.05) is 32.8 Å². The largest absolute Gasteiger partial charge is 0.473 e. The Hall–Kier alpha value is -3.20. The fraction of sp³-hybridized carbons (Fsp3) is 0.639. The number of likely N-dealkylation sites (tertiary alicyclic amines) is 1. The van der Waals surface area contributed by atoms with Crippen LogP contribution in [0.5, 0.6) is 5.88 Å². The van der Waals surface area contributed by atoms with E-state index in [2.05, 4.69) is 29.9 Å². The van der Waals surface area contributed by atoms with Crippen LogP contribution in [0.2, 0.25) is 25.7 Å². The van der Waals surface area contributed by atoms with Gasteiger partial charge in [-0.2, -0.15) is 4.31 Å². The minimum absolute atomic E-state index is 0.0702. The van der Waals surface area contributed by atoms with E-state index < -0.39 is 53.6 Å². The Balaban J connectivity index is 1.79. The Bertz CT molecular complexity index is 1570. The highest BCUT2D eigenvalue weighted by molar-refractivity contribution is 7.88. The molecule has 0 unspecified atom stereocenters. The van der Waals surface area contributed by atoms with Gasteiger partial charge >= 0.3 is 12.2 Å². The molecule has 1 N–H and O–H groups in total. The Morgan fingerprint density at radius 1 is 1.02 bits per heavy atom. The maximum atomic E-state index is 13.4. The molecule has 280 valence electrons. The van der Waals surface area contributed by atoms with Gasteiger partial charge in [-0.05, 0) is 84.5 Å². The average Bonchev–Trinajstić information content (AvgIpc) is 3.36. The third-order valence-electron chi connectivity index (χ3n) is 7.88. The number of aromatic nitrogens is 1. The summed E-state index contributed by atoms with van der Waals surface area (Å²) in [5, 5.41) is 2.72. The number of hydrogen-bond acceptors (Lipinski definition) is 9. The molecule has 3 rings (SSSR count). The van der Waals surface area contributed by atoms with E-state index in [1.54, 1.807) is 25.7 Å². The Morgan fingerprint density at radius 2 is 1.68 bits per heavy atom. The van der Waals surface area contributed by atoms with Crippen LogP contribution in [0.25, 0.3) is 0 Å². The molecular weight excluding hydrogens is 677 g/mol. The highest BCUT2D eigenvalue weighted by Gasteiger charge is 2.44. The van der Waals surface area contributed by atoms with Crippen LogP contribution in [0.3, 0.4) is 0 Å². The van der Waals surface area contributed by atoms with Crippen molar-refractivity contribution in [1.29, 1.82) is 0 Å². The van der Waals surface area contributed by atoms with Gasteiger partial charge in [0.15, 0.2) is 0 Å². The number of alkyl carbamates (subject to hydrolysis) is 1. The lowest BCUT2D eigenvalue weighted by Gasteiger charge is -2.35. The van der Waals surface area contributed by atoms with Gasteiger partial charge in [0.05, 0.1) is 24.5 Å². The average molecular weight is 735 g/mol. The van der Waals surface area contributed by atoms with Crippen molar-refractivity contribution < 1.29 is 37.0 Å². The first-order valence-electron chi connectivity index (χ1n) is 17.2. The molecule has 1 aliphatic rings. The molecule has 0 radical (unpaired) electrons. The van der Waals surface area contributed by atoms with Crippen molar-refractivity contribution >= 4 is 30.3 Å². The minimum Gasteiger partial charge on any atom is -0.473 e. The van der Waals surface area contributed by atoms with Crippen molar-refractivity contribution in [3.05, 3.63) is 58.8 Å². The molecule has 1 aliphatic heterocycles. The summed E-state index contributed by atoms with van der Waals surface area (Å²) in [6.07, 6.45) is 1.06. The molecule has 1 saturated heterocycles. The number of benzene rings is 1. The van der Waals surface area contributed by atoms with Gasteiger partial charge in [-0.15, -0.1) is 0 Å². The summed E-state index contributed by atoms with van der Waals surface area (Å²) in [6.45, 7) is 20.7. The van der Waals surface area contributed by atoms with Gasteiger partial charge in [0.25, 0.3) is 0 Å². The van der Waals surface area contributed by atoms with E-state index >= 15 is 0 Å². The fourth-order valence-corrected chi connectivity index (χ4v) is 7.21. The van der Waals surface area contributed by atoms with E-state index in [0.29, 0.717) is 37.6 Å². The maximum Gasteiger partial charge on any atom is 0.410 e. The maximum absolute atomic E-state index is 13.4. The lowest BCUT2D eigenvalue weighted by atomic mass is 9.99. The highest BCUT2D eigenvalue weighted by atomic mass is 32.2. The number of nitrogens with one attached hydrogen (secondary N) is 1.